The monoisotopic (exact) mass is 329 g/mol. The van der Waals surface area contributed by atoms with Gasteiger partial charge in [-0.25, -0.2) is 4.39 Å². The van der Waals surface area contributed by atoms with Gasteiger partial charge in [0.2, 0.25) is 0 Å². The number of alkyl halides is 3. The summed E-state index contributed by atoms with van der Waals surface area (Å²) in [6.07, 6.45) is -3.87. The molecule has 0 unspecified atom stereocenters. The highest BCUT2D eigenvalue weighted by Crippen LogP contribution is 2.34. The normalized spacial score (nSPS) is 14.8. The molecule has 0 bridgehead atoms. The summed E-state index contributed by atoms with van der Waals surface area (Å²) in [5.74, 6) is -1.53. The SMILES string of the molecule is CC(C)(C)[S@@+]([O-])/N=C/c1cc(Cl)c(F)c(C(F)(F)F)c1. The Labute approximate surface area is 122 Å². The van der Waals surface area contributed by atoms with E-state index in [1.807, 2.05) is 0 Å². The Morgan fingerprint density at radius 3 is 2.25 bits per heavy atom. The lowest BCUT2D eigenvalue weighted by Gasteiger charge is -2.17. The van der Waals surface area contributed by atoms with E-state index < -0.39 is 38.7 Å². The van der Waals surface area contributed by atoms with Crippen molar-refractivity contribution >= 4 is 29.2 Å². The van der Waals surface area contributed by atoms with Crippen LogP contribution in [0, 0.1) is 5.82 Å². The van der Waals surface area contributed by atoms with Gasteiger partial charge in [-0.15, -0.1) is 0 Å². The van der Waals surface area contributed by atoms with Gasteiger partial charge in [0.1, 0.15) is 16.1 Å². The summed E-state index contributed by atoms with van der Waals surface area (Å²) in [4.78, 5) is 0. The smallest absolute Gasteiger partial charge is 0.419 e. The molecule has 1 aromatic carbocycles. The highest BCUT2D eigenvalue weighted by Gasteiger charge is 2.35. The maximum atomic E-state index is 13.3. The molecule has 2 nitrogen and oxygen atoms in total. The maximum Gasteiger partial charge on any atom is 0.419 e. The average Bonchev–Trinajstić information content (AvgIpc) is 2.27. The number of hydrogen-bond acceptors (Lipinski definition) is 2. The minimum absolute atomic E-state index is 0.0682. The molecule has 0 radical (unpaired) electrons. The third-order valence-electron chi connectivity index (χ3n) is 2.18. The fourth-order valence-electron chi connectivity index (χ4n) is 1.16. The molecular formula is C12H12ClF4NOS. The number of rotatable bonds is 2. The lowest BCUT2D eigenvalue weighted by molar-refractivity contribution is -0.140. The molecule has 0 aliphatic heterocycles. The molecule has 1 atom stereocenters. The van der Waals surface area contributed by atoms with E-state index in [-0.39, 0.29) is 5.56 Å². The van der Waals surface area contributed by atoms with E-state index in [4.69, 9.17) is 11.6 Å². The minimum atomic E-state index is -4.86. The summed E-state index contributed by atoms with van der Waals surface area (Å²) < 4.78 is 65.8. The van der Waals surface area contributed by atoms with Crippen molar-refractivity contribution in [2.45, 2.75) is 31.7 Å². The third kappa shape index (κ3) is 4.36. The molecule has 8 heteroatoms. The van der Waals surface area contributed by atoms with Gasteiger partial charge >= 0.3 is 6.18 Å². The summed E-state index contributed by atoms with van der Waals surface area (Å²) >= 11 is 3.79. The Balaban J connectivity index is 3.16. The molecular weight excluding hydrogens is 318 g/mol. The van der Waals surface area contributed by atoms with Gasteiger partial charge in [-0.05, 0) is 38.5 Å². The molecule has 0 saturated carbocycles. The topological polar surface area (TPSA) is 35.4 Å². The van der Waals surface area contributed by atoms with Crippen LogP contribution in [-0.4, -0.2) is 15.5 Å². The zero-order valence-electron chi connectivity index (χ0n) is 10.9. The van der Waals surface area contributed by atoms with Crippen LogP contribution in [0.3, 0.4) is 0 Å². The molecule has 1 aromatic rings. The van der Waals surface area contributed by atoms with Gasteiger partial charge in [-0.2, -0.15) is 13.2 Å². The Hall–Kier alpha value is -0.790. The summed E-state index contributed by atoms with van der Waals surface area (Å²) in [7, 11) is 0. The van der Waals surface area contributed by atoms with Gasteiger partial charge in [-0.1, -0.05) is 16.0 Å². The minimum Gasteiger partial charge on any atom is -0.591 e. The van der Waals surface area contributed by atoms with E-state index in [0.717, 1.165) is 12.3 Å². The zero-order valence-corrected chi connectivity index (χ0v) is 12.5. The molecule has 0 aromatic heterocycles. The molecule has 0 aliphatic rings. The van der Waals surface area contributed by atoms with Gasteiger partial charge in [-0.3, -0.25) is 0 Å². The first-order valence-corrected chi connectivity index (χ1v) is 6.93. The fraction of sp³-hybridized carbons (Fsp3) is 0.417. The van der Waals surface area contributed by atoms with Crippen LogP contribution < -0.4 is 0 Å². The Bertz CT molecular complexity index is 525. The van der Waals surface area contributed by atoms with Gasteiger partial charge in [0.05, 0.1) is 16.8 Å². The molecule has 0 saturated heterocycles. The quantitative estimate of drug-likeness (QED) is 0.450. The summed E-state index contributed by atoms with van der Waals surface area (Å²) in [5, 5.41) is -0.664. The molecule has 0 aliphatic carbocycles. The highest BCUT2D eigenvalue weighted by molar-refractivity contribution is 7.91. The molecule has 0 spiro atoms. The predicted molar refractivity (Wildman–Crippen MR) is 71.9 cm³/mol. The van der Waals surface area contributed by atoms with E-state index >= 15 is 0 Å². The van der Waals surface area contributed by atoms with Crippen LogP contribution in [0.2, 0.25) is 5.02 Å². The van der Waals surface area contributed by atoms with Crippen LogP contribution in [0.5, 0.6) is 0 Å². The first-order valence-electron chi connectivity index (χ1n) is 5.45. The van der Waals surface area contributed by atoms with Gasteiger partial charge in [0.25, 0.3) is 0 Å². The molecule has 20 heavy (non-hydrogen) atoms. The van der Waals surface area contributed by atoms with Crippen LogP contribution in [-0.2, 0) is 17.5 Å². The fourth-order valence-corrected chi connectivity index (χ4v) is 1.92. The van der Waals surface area contributed by atoms with Crippen LogP contribution in [0.1, 0.15) is 31.9 Å². The second-order valence-corrected chi connectivity index (χ2v) is 7.30. The third-order valence-corrected chi connectivity index (χ3v) is 3.80. The summed E-state index contributed by atoms with van der Waals surface area (Å²) in [6.45, 7) is 5.00. The predicted octanol–water partition coefficient (Wildman–Crippen LogP) is 4.38. The van der Waals surface area contributed by atoms with E-state index in [2.05, 4.69) is 4.40 Å². The number of nitrogens with zero attached hydrogens (tertiary/aromatic N) is 1. The largest absolute Gasteiger partial charge is 0.591 e. The average molecular weight is 330 g/mol. The highest BCUT2D eigenvalue weighted by atomic mass is 35.5. The van der Waals surface area contributed by atoms with E-state index in [0.29, 0.717) is 6.07 Å². The Morgan fingerprint density at radius 1 is 1.25 bits per heavy atom. The van der Waals surface area contributed by atoms with Crippen LogP contribution in [0.15, 0.2) is 16.5 Å². The zero-order chi connectivity index (χ0) is 15.7. The first-order chi connectivity index (χ1) is 8.93. The summed E-state index contributed by atoms with van der Waals surface area (Å²) in [6, 6.07) is 1.57. The first kappa shape index (κ1) is 17.3. The second-order valence-electron chi connectivity index (χ2n) is 4.96. The molecule has 0 N–H and O–H groups in total. The van der Waals surface area contributed by atoms with Crippen molar-refractivity contribution in [3.63, 3.8) is 0 Å². The van der Waals surface area contributed by atoms with Crippen molar-refractivity contribution in [2.75, 3.05) is 0 Å². The van der Waals surface area contributed by atoms with Gasteiger partial charge in [0.15, 0.2) is 5.82 Å². The molecule has 1 rings (SSSR count). The van der Waals surface area contributed by atoms with Crippen molar-refractivity contribution in [3.8, 4) is 0 Å². The summed E-state index contributed by atoms with van der Waals surface area (Å²) in [5.41, 5.74) is -1.55. The lowest BCUT2D eigenvalue weighted by atomic mass is 10.1. The van der Waals surface area contributed by atoms with Crippen molar-refractivity contribution < 1.29 is 22.1 Å². The Morgan fingerprint density at radius 2 is 1.80 bits per heavy atom. The van der Waals surface area contributed by atoms with Crippen molar-refractivity contribution in [1.82, 2.24) is 0 Å². The molecule has 0 amide bonds. The van der Waals surface area contributed by atoms with Gasteiger partial charge < -0.3 is 4.55 Å². The standard InChI is InChI=1S/C12H12ClF4NOS/c1-11(2,3)20(19)18-6-7-4-8(12(15,16)17)10(14)9(13)5-7/h4-6H,1-3H3/b18-6+/t20-/m1/s1. The van der Waals surface area contributed by atoms with E-state index in [1.165, 1.54) is 0 Å². The number of benzene rings is 1. The van der Waals surface area contributed by atoms with Crippen molar-refractivity contribution in [1.29, 1.82) is 0 Å². The maximum absolute atomic E-state index is 13.3. The lowest BCUT2D eigenvalue weighted by Crippen LogP contribution is -2.25. The van der Waals surface area contributed by atoms with Crippen LogP contribution in [0.4, 0.5) is 17.6 Å². The van der Waals surface area contributed by atoms with Crippen LogP contribution >= 0.6 is 11.6 Å². The Kier molecular flexibility index (Phi) is 5.10. The molecule has 0 heterocycles. The second kappa shape index (κ2) is 5.91. The van der Waals surface area contributed by atoms with Gasteiger partial charge in [0, 0.05) is 0 Å². The van der Waals surface area contributed by atoms with Crippen molar-refractivity contribution in [3.05, 3.63) is 34.1 Å². The molecule has 112 valence electrons. The van der Waals surface area contributed by atoms with Crippen LogP contribution in [0.25, 0.3) is 0 Å². The van der Waals surface area contributed by atoms with Crippen molar-refractivity contribution in [2.24, 2.45) is 4.40 Å². The number of hydrogen-bond donors (Lipinski definition) is 0. The van der Waals surface area contributed by atoms with E-state index in [9.17, 15) is 22.1 Å². The number of halogens is 5. The van der Waals surface area contributed by atoms with E-state index in [1.54, 1.807) is 20.8 Å². The molecule has 0 fully saturated rings.